The molecular weight excluding hydrogens is 400 g/mol. The molecule has 170 valence electrons. The van der Waals surface area contributed by atoms with Crippen LogP contribution in [0.15, 0.2) is 48.5 Å². The van der Waals surface area contributed by atoms with E-state index in [4.69, 9.17) is 0 Å². The van der Waals surface area contributed by atoms with E-state index in [0.717, 1.165) is 64.0 Å². The van der Waals surface area contributed by atoms with Gasteiger partial charge in [-0.15, -0.1) is 0 Å². The fourth-order valence-corrected chi connectivity index (χ4v) is 4.71. The van der Waals surface area contributed by atoms with Crippen molar-refractivity contribution in [3.05, 3.63) is 59.7 Å². The Morgan fingerprint density at radius 3 is 2.31 bits per heavy atom. The Morgan fingerprint density at radius 1 is 0.969 bits per heavy atom. The van der Waals surface area contributed by atoms with E-state index in [1.54, 1.807) is 14.1 Å². The van der Waals surface area contributed by atoms with Crippen LogP contribution in [0.3, 0.4) is 0 Å². The fourth-order valence-electron chi connectivity index (χ4n) is 4.71. The molecule has 0 spiro atoms. The molecule has 2 aliphatic rings. The van der Waals surface area contributed by atoms with E-state index in [0.29, 0.717) is 17.2 Å². The summed E-state index contributed by atoms with van der Waals surface area (Å²) in [5, 5.41) is 2.89. The van der Waals surface area contributed by atoms with Crippen LogP contribution < -0.4 is 10.2 Å². The van der Waals surface area contributed by atoms with Crippen LogP contribution in [-0.4, -0.2) is 62.0 Å². The Labute approximate surface area is 191 Å². The molecule has 0 atom stereocenters. The average molecular weight is 435 g/mol. The van der Waals surface area contributed by atoms with E-state index in [1.165, 1.54) is 10.5 Å². The van der Waals surface area contributed by atoms with Gasteiger partial charge in [-0.05, 0) is 61.8 Å². The number of hydrogen-bond acceptors (Lipinski definition) is 3. The Morgan fingerprint density at radius 2 is 1.66 bits per heavy atom. The SMILES string of the molecule is CN(C)C(=O)Nc1ccc(N2CCC(Cc3ccccc3)CC2)c(C(=O)N2CCCC2)c1. The second kappa shape index (κ2) is 10.1. The molecule has 0 aliphatic carbocycles. The van der Waals surface area contributed by atoms with Crippen LogP contribution in [0.5, 0.6) is 0 Å². The van der Waals surface area contributed by atoms with Gasteiger partial charge in [0.05, 0.1) is 5.56 Å². The highest BCUT2D eigenvalue weighted by Gasteiger charge is 2.27. The third-order valence-electron chi connectivity index (χ3n) is 6.60. The van der Waals surface area contributed by atoms with Gasteiger partial charge in [-0.25, -0.2) is 4.79 Å². The van der Waals surface area contributed by atoms with Crippen LogP contribution in [0.1, 0.15) is 41.6 Å². The van der Waals surface area contributed by atoms with Crippen molar-refractivity contribution in [2.75, 3.05) is 50.5 Å². The first kappa shape index (κ1) is 22.2. The Balaban J connectivity index is 1.50. The van der Waals surface area contributed by atoms with Crippen molar-refractivity contribution in [3.63, 3.8) is 0 Å². The second-order valence-electron chi connectivity index (χ2n) is 9.18. The zero-order valence-electron chi connectivity index (χ0n) is 19.2. The van der Waals surface area contributed by atoms with Crippen LogP contribution in [0, 0.1) is 5.92 Å². The number of nitrogens with one attached hydrogen (secondary N) is 1. The minimum atomic E-state index is -0.195. The summed E-state index contributed by atoms with van der Waals surface area (Å²) in [4.78, 5) is 31.3. The second-order valence-corrected chi connectivity index (χ2v) is 9.18. The number of carbonyl (C=O) groups is 2. The Hall–Kier alpha value is -3.02. The third-order valence-corrected chi connectivity index (χ3v) is 6.60. The number of carbonyl (C=O) groups excluding carboxylic acids is 2. The summed E-state index contributed by atoms with van der Waals surface area (Å²) in [7, 11) is 3.42. The molecule has 2 aliphatic heterocycles. The predicted molar refractivity (Wildman–Crippen MR) is 129 cm³/mol. The largest absolute Gasteiger partial charge is 0.371 e. The van der Waals surface area contributed by atoms with Gasteiger partial charge in [0.15, 0.2) is 0 Å². The van der Waals surface area contributed by atoms with Gasteiger partial charge in [0.2, 0.25) is 0 Å². The van der Waals surface area contributed by atoms with Crippen molar-refractivity contribution in [3.8, 4) is 0 Å². The van der Waals surface area contributed by atoms with Gasteiger partial charge in [0.25, 0.3) is 5.91 Å². The lowest BCUT2D eigenvalue weighted by Crippen LogP contribution is -2.37. The zero-order chi connectivity index (χ0) is 22.5. The van der Waals surface area contributed by atoms with Crippen LogP contribution in [0.4, 0.5) is 16.2 Å². The normalized spacial score (nSPS) is 16.8. The van der Waals surface area contributed by atoms with Gasteiger partial charge in [0, 0.05) is 51.6 Å². The lowest BCUT2D eigenvalue weighted by Gasteiger charge is -2.35. The monoisotopic (exact) mass is 434 g/mol. The average Bonchev–Trinajstić information content (AvgIpc) is 3.35. The number of anilines is 2. The molecular formula is C26H34N4O2. The molecule has 2 heterocycles. The molecule has 6 heteroatoms. The van der Waals surface area contributed by atoms with E-state index in [1.807, 2.05) is 23.1 Å². The number of amides is 3. The van der Waals surface area contributed by atoms with Crippen LogP contribution in [-0.2, 0) is 6.42 Å². The number of benzene rings is 2. The lowest BCUT2D eigenvalue weighted by molar-refractivity contribution is 0.0793. The van der Waals surface area contributed by atoms with Gasteiger partial charge in [-0.3, -0.25) is 4.79 Å². The van der Waals surface area contributed by atoms with E-state index in [-0.39, 0.29) is 11.9 Å². The Bertz CT molecular complexity index is 930. The minimum absolute atomic E-state index is 0.0739. The molecule has 0 unspecified atom stereocenters. The topological polar surface area (TPSA) is 55.9 Å². The fraction of sp³-hybridized carbons (Fsp3) is 0.462. The molecule has 0 aromatic heterocycles. The number of hydrogen-bond donors (Lipinski definition) is 1. The quantitative estimate of drug-likeness (QED) is 0.755. The van der Waals surface area contributed by atoms with Crippen LogP contribution >= 0.6 is 0 Å². The molecule has 0 saturated carbocycles. The molecule has 2 fully saturated rings. The summed E-state index contributed by atoms with van der Waals surface area (Å²) in [6.45, 7) is 3.51. The first-order chi connectivity index (χ1) is 15.5. The van der Waals surface area contributed by atoms with Crippen LogP contribution in [0.2, 0.25) is 0 Å². The van der Waals surface area contributed by atoms with Crippen molar-refractivity contribution in [1.29, 1.82) is 0 Å². The van der Waals surface area contributed by atoms with Crippen molar-refractivity contribution in [2.24, 2.45) is 5.92 Å². The molecule has 2 aromatic rings. The van der Waals surface area contributed by atoms with E-state index in [9.17, 15) is 9.59 Å². The van der Waals surface area contributed by atoms with Gasteiger partial charge in [0.1, 0.15) is 0 Å². The first-order valence-electron chi connectivity index (χ1n) is 11.7. The van der Waals surface area contributed by atoms with E-state index < -0.39 is 0 Å². The number of rotatable bonds is 5. The lowest BCUT2D eigenvalue weighted by atomic mass is 9.89. The molecule has 3 amide bonds. The molecule has 6 nitrogen and oxygen atoms in total. The molecule has 0 radical (unpaired) electrons. The first-order valence-corrected chi connectivity index (χ1v) is 11.7. The van der Waals surface area contributed by atoms with Crippen LogP contribution in [0.25, 0.3) is 0 Å². The summed E-state index contributed by atoms with van der Waals surface area (Å²) in [5.74, 6) is 0.745. The van der Waals surface area contributed by atoms with Gasteiger partial charge in [-0.1, -0.05) is 30.3 Å². The molecule has 0 bridgehead atoms. The standard InChI is InChI=1S/C26H34N4O2/c1-28(2)26(32)27-22-10-11-24(23(19-22)25(31)30-14-6-7-15-30)29-16-12-21(13-17-29)18-20-8-4-3-5-9-20/h3-5,8-11,19,21H,6-7,12-18H2,1-2H3,(H,27,32). The highest BCUT2D eigenvalue weighted by atomic mass is 16.2. The maximum absolute atomic E-state index is 13.4. The highest BCUT2D eigenvalue weighted by Crippen LogP contribution is 2.31. The van der Waals surface area contributed by atoms with Crippen molar-refractivity contribution in [1.82, 2.24) is 9.80 Å². The summed E-state index contributed by atoms with van der Waals surface area (Å²) in [5.41, 5.74) is 3.75. The minimum Gasteiger partial charge on any atom is -0.371 e. The maximum Gasteiger partial charge on any atom is 0.321 e. The number of nitrogens with zero attached hydrogens (tertiary/aromatic N) is 3. The smallest absolute Gasteiger partial charge is 0.321 e. The summed E-state index contributed by atoms with van der Waals surface area (Å²) < 4.78 is 0. The highest BCUT2D eigenvalue weighted by molar-refractivity contribution is 6.02. The summed E-state index contributed by atoms with van der Waals surface area (Å²) >= 11 is 0. The Kier molecular flexibility index (Phi) is 6.98. The molecule has 1 N–H and O–H groups in total. The summed E-state index contributed by atoms with van der Waals surface area (Å²) in [6, 6.07) is 16.3. The zero-order valence-corrected chi connectivity index (χ0v) is 19.2. The van der Waals surface area contributed by atoms with Crippen molar-refractivity contribution < 1.29 is 9.59 Å². The van der Waals surface area contributed by atoms with E-state index >= 15 is 0 Å². The summed E-state index contributed by atoms with van der Waals surface area (Å²) in [6.07, 6.45) is 5.46. The molecule has 2 saturated heterocycles. The van der Waals surface area contributed by atoms with Gasteiger partial charge in [-0.2, -0.15) is 0 Å². The number of piperidine rings is 1. The molecule has 4 rings (SSSR count). The van der Waals surface area contributed by atoms with Crippen molar-refractivity contribution >= 4 is 23.3 Å². The number of likely N-dealkylation sites (tertiary alicyclic amines) is 1. The molecule has 32 heavy (non-hydrogen) atoms. The predicted octanol–water partition coefficient (Wildman–Crippen LogP) is 4.48. The van der Waals surface area contributed by atoms with Gasteiger partial charge < -0.3 is 20.0 Å². The van der Waals surface area contributed by atoms with Crippen molar-refractivity contribution in [2.45, 2.75) is 32.1 Å². The maximum atomic E-state index is 13.4. The third kappa shape index (κ3) is 5.23. The number of urea groups is 1. The molecule has 2 aromatic carbocycles. The van der Waals surface area contributed by atoms with Gasteiger partial charge >= 0.3 is 6.03 Å². The van der Waals surface area contributed by atoms with E-state index in [2.05, 4.69) is 40.5 Å².